The summed E-state index contributed by atoms with van der Waals surface area (Å²) in [7, 11) is 0. The van der Waals surface area contributed by atoms with Gasteiger partial charge in [0, 0.05) is 6.04 Å². The van der Waals surface area contributed by atoms with Crippen LogP contribution in [0.4, 0.5) is 0 Å². The van der Waals surface area contributed by atoms with Gasteiger partial charge in [0.15, 0.2) is 0 Å². The molecule has 1 aromatic rings. The summed E-state index contributed by atoms with van der Waals surface area (Å²) in [6, 6.07) is 4.11. The van der Waals surface area contributed by atoms with Gasteiger partial charge in [-0.25, -0.2) is 0 Å². The zero-order chi connectivity index (χ0) is 9.97. The van der Waals surface area contributed by atoms with Crippen LogP contribution < -0.4 is 5.32 Å². The Hall–Kier alpha value is -0.830. The Kier molecular flexibility index (Phi) is 2.87. The fourth-order valence-electron chi connectivity index (χ4n) is 1.74. The number of carbonyl (C=O) groups is 1. The summed E-state index contributed by atoms with van der Waals surface area (Å²) in [6.45, 7) is 2.11. The van der Waals surface area contributed by atoms with E-state index in [0.717, 1.165) is 4.88 Å². The van der Waals surface area contributed by atoms with E-state index >= 15 is 0 Å². The van der Waals surface area contributed by atoms with Crippen LogP contribution in [0.5, 0.6) is 0 Å². The fraction of sp³-hybridized carbons (Fsp3) is 0.545. The summed E-state index contributed by atoms with van der Waals surface area (Å²) >= 11 is 1.50. The van der Waals surface area contributed by atoms with Gasteiger partial charge < -0.3 is 5.32 Å². The molecule has 76 valence electrons. The first-order valence-electron chi connectivity index (χ1n) is 5.12. The Morgan fingerprint density at radius 1 is 1.64 bits per heavy atom. The predicted octanol–water partition coefficient (Wildman–Crippen LogP) is 2.67. The summed E-state index contributed by atoms with van der Waals surface area (Å²) < 4.78 is 0. The van der Waals surface area contributed by atoms with Gasteiger partial charge in [0.2, 0.25) is 0 Å². The number of nitrogens with one attached hydrogen (secondary N) is 1. The smallest absolute Gasteiger partial charge is 0.261 e. The number of thiophene rings is 1. The maximum atomic E-state index is 11.7. The summed E-state index contributed by atoms with van der Waals surface area (Å²) in [6.07, 6.45) is 3.86. The van der Waals surface area contributed by atoms with Crippen LogP contribution >= 0.6 is 11.3 Å². The Labute approximate surface area is 88.3 Å². The molecular weight excluding hydrogens is 194 g/mol. The van der Waals surface area contributed by atoms with E-state index in [-0.39, 0.29) is 5.91 Å². The summed E-state index contributed by atoms with van der Waals surface area (Å²) in [5.41, 5.74) is 0. The van der Waals surface area contributed by atoms with Crippen molar-refractivity contribution in [3.8, 4) is 0 Å². The van der Waals surface area contributed by atoms with Crippen LogP contribution in [0, 0.1) is 5.92 Å². The van der Waals surface area contributed by atoms with Crippen LogP contribution in [-0.4, -0.2) is 11.9 Å². The number of hydrogen-bond acceptors (Lipinski definition) is 2. The molecule has 0 aliphatic heterocycles. The van der Waals surface area contributed by atoms with Gasteiger partial charge in [0.1, 0.15) is 0 Å². The van der Waals surface area contributed by atoms with Gasteiger partial charge in [0.05, 0.1) is 4.88 Å². The van der Waals surface area contributed by atoms with E-state index in [9.17, 15) is 4.79 Å². The fourth-order valence-corrected chi connectivity index (χ4v) is 2.37. The van der Waals surface area contributed by atoms with Crippen LogP contribution in [-0.2, 0) is 0 Å². The second kappa shape index (κ2) is 4.13. The molecule has 0 aromatic carbocycles. The lowest BCUT2D eigenvalue weighted by Crippen LogP contribution is -2.40. The van der Waals surface area contributed by atoms with Crippen molar-refractivity contribution in [2.45, 2.75) is 32.2 Å². The molecule has 1 heterocycles. The van der Waals surface area contributed by atoms with Crippen LogP contribution in [0.3, 0.4) is 0 Å². The van der Waals surface area contributed by atoms with Crippen LogP contribution in [0.2, 0.25) is 0 Å². The van der Waals surface area contributed by atoms with Gasteiger partial charge in [-0.15, -0.1) is 11.3 Å². The van der Waals surface area contributed by atoms with Crippen molar-refractivity contribution in [2.75, 3.05) is 0 Å². The zero-order valence-electron chi connectivity index (χ0n) is 8.32. The van der Waals surface area contributed by atoms with Gasteiger partial charge in [-0.1, -0.05) is 12.5 Å². The predicted molar refractivity (Wildman–Crippen MR) is 58.6 cm³/mol. The van der Waals surface area contributed by atoms with Gasteiger partial charge in [-0.3, -0.25) is 4.79 Å². The van der Waals surface area contributed by atoms with Gasteiger partial charge >= 0.3 is 0 Å². The summed E-state index contributed by atoms with van der Waals surface area (Å²) in [5.74, 6) is 0.790. The molecular formula is C11H15NOS. The largest absolute Gasteiger partial charge is 0.349 e. The van der Waals surface area contributed by atoms with Crippen LogP contribution in [0.15, 0.2) is 17.5 Å². The van der Waals surface area contributed by atoms with Gasteiger partial charge in [0.25, 0.3) is 5.91 Å². The Morgan fingerprint density at radius 3 is 2.93 bits per heavy atom. The molecule has 0 bridgehead atoms. The average molecular weight is 209 g/mol. The Balaban J connectivity index is 1.87. The highest BCUT2D eigenvalue weighted by Gasteiger charge is 2.25. The first-order chi connectivity index (χ1) is 6.77. The van der Waals surface area contributed by atoms with Crippen LogP contribution in [0.1, 0.15) is 35.9 Å². The second-order valence-corrected chi connectivity index (χ2v) is 4.88. The first-order valence-corrected chi connectivity index (χ1v) is 5.99. The monoisotopic (exact) mass is 209 g/mol. The molecule has 1 unspecified atom stereocenters. The first kappa shape index (κ1) is 9.71. The molecule has 2 nitrogen and oxygen atoms in total. The zero-order valence-corrected chi connectivity index (χ0v) is 9.14. The lowest BCUT2D eigenvalue weighted by molar-refractivity contribution is 0.0913. The van der Waals surface area contributed by atoms with E-state index in [4.69, 9.17) is 0 Å². The molecule has 2 rings (SSSR count). The maximum Gasteiger partial charge on any atom is 0.261 e. The molecule has 0 spiro atoms. The lowest BCUT2D eigenvalue weighted by Gasteiger charge is -2.31. The van der Waals surface area contributed by atoms with Crippen molar-refractivity contribution in [1.82, 2.24) is 5.32 Å². The van der Waals surface area contributed by atoms with E-state index in [0.29, 0.717) is 12.0 Å². The minimum absolute atomic E-state index is 0.0828. The normalized spacial score (nSPS) is 18.6. The van der Waals surface area contributed by atoms with Crippen molar-refractivity contribution in [3.63, 3.8) is 0 Å². The highest BCUT2D eigenvalue weighted by atomic mass is 32.1. The second-order valence-electron chi connectivity index (χ2n) is 3.93. The SMILES string of the molecule is CC(NC(=O)c1cccs1)C1CCC1. The minimum atomic E-state index is 0.0828. The average Bonchev–Trinajstić information content (AvgIpc) is 2.51. The van der Waals surface area contributed by atoms with Crippen molar-refractivity contribution in [3.05, 3.63) is 22.4 Å². The van der Waals surface area contributed by atoms with Crippen molar-refractivity contribution in [1.29, 1.82) is 0 Å². The maximum absolute atomic E-state index is 11.7. The highest BCUT2D eigenvalue weighted by Crippen LogP contribution is 2.29. The minimum Gasteiger partial charge on any atom is -0.349 e. The van der Waals surface area contributed by atoms with Crippen molar-refractivity contribution < 1.29 is 4.79 Å². The number of rotatable bonds is 3. The molecule has 1 atom stereocenters. The molecule has 1 aliphatic rings. The van der Waals surface area contributed by atoms with Gasteiger partial charge in [-0.05, 0) is 37.1 Å². The molecule has 1 aromatic heterocycles. The van der Waals surface area contributed by atoms with Crippen molar-refractivity contribution in [2.24, 2.45) is 5.92 Å². The third-order valence-electron chi connectivity index (χ3n) is 2.96. The molecule has 1 N–H and O–H groups in total. The van der Waals surface area contributed by atoms with E-state index in [2.05, 4.69) is 12.2 Å². The topological polar surface area (TPSA) is 29.1 Å². The van der Waals surface area contributed by atoms with Gasteiger partial charge in [-0.2, -0.15) is 0 Å². The van der Waals surface area contributed by atoms with Crippen LogP contribution in [0.25, 0.3) is 0 Å². The quantitative estimate of drug-likeness (QED) is 0.814. The number of amides is 1. The Bertz CT molecular complexity index is 303. The number of carbonyl (C=O) groups excluding carboxylic acids is 1. The molecule has 0 radical (unpaired) electrons. The highest BCUT2D eigenvalue weighted by molar-refractivity contribution is 7.12. The Morgan fingerprint density at radius 2 is 2.43 bits per heavy atom. The molecule has 3 heteroatoms. The molecule has 1 amide bonds. The van der Waals surface area contributed by atoms with E-state index < -0.39 is 0 Å². The third-order valence-corrected chi connectivity index (χ3v) is 3.83. The lowest BCUT2D eigenvalue weighted by atomic mass is 9.80. The van der Waals surface area contributed by atoms with E-state index in [1.165, 1.54) is 30.6 Å². The van der Waals surface area contributed by atoms with E-state index in [1.54, 1.807) is 0 Å². The molecule has 1 saturated carbocycles. The van der Waals surface area contributed by atoms with E-state index in [1.807, 2.05) is 17.5 Å². The number of hydrogen-bond donors (Lipinski definition) is 1. The molecule has 14 heavy (non-hydrogen) atoms. The molecule has 1 fully saturated rings. The standard InChI is InChI=1S/C11H15NOS/c1-8(9-4-2-5-9)12-11(13)10-6-3-7-14-10/h3,6-9H,2,4-5H2,1H3,(H,12,13). The molecule has 1 aliphatic carbocycles. The summed E-state index contributed by atoms with van der Waals surface area (Å²) in [4.78, 5) is 12.5. The van der Waals surface area contributed by atoms with Crippen molar-refractivity contribution >= 4 is 17.2 Å². The summed E-state index contributed by atoms with van der Waals surface area (Å²) in [5, 5.41) is 4.99. The third kappa shape index (κ3) is 1.98. The molecule has 0 saturated heterocycles.